The fourth-order valence-corrected chi connectivity index (χ4v) is 3.55. The van der Waals surface area contributed by atoms with Crippen LogP contribution in [0.15, 0.2) is 49.1 Å². The van der Waals surface area contributed by atoms with E-state index in [0.717, 1.165) is 48.5 Å². The Labute approximate surface area is 176 Å². The number of halogens is 4. The summed E-state index contributed by atoms with van der Waals surface area (Å²) in [5, 5.41) is 3.04. The molecule has 156 valence electrons. The highest BCUT2D eigenvalue weighted by Gasteiger charge is 2.32. The number of imidazole rings is 1. The third-order valence-electron chi connectivity index (χ3n) is 4.82. The van der Waals surface area contributed by atoms with Gasteiger partial charge in [-0.25, -0.2) is 15.0 Å². The van der Waals surface area contributed by atoms with E-state index in [2.05, 4.69) is 26.3 Å². The predicted molar refractivity (Wildman–Crippen MR) is 110 cm³/mol. The van der Waals surface area contributed by atoms with Crippen molar-refractivity contribution in [2.45, 2.75) is 37.7 Å². The van der Waals surface area contributed by atoms with Gasteiger partial charge in [-0.05, 0) is 61.6 Å². The molecule has 5 nitrogen and oxygen atoms in total. The van der Waals surface area contributed by atoms with Gasteiger partial charge in [0.2, 0.25) is 5.95 Å². The van der Waals surface area contributed by atoms with Crippen LogP contribution in [0.25, 0.3) is 11.3 Å². The molecule has 1 aliphatic carbocycles. The zero-order chi connectivity index (χ0) is 21.3. The molecule has 1 unspecified atom stereocenters. The average Bonchev–Trinajstić information content (AvgIpc) is 3.18. The maximum absolute atomic E-state index is 12.9. The maximum Gasteiger partial charge on any atom is 0.433 e. The molecule has 0 saturated heterocycles. The van der Waals surface area contributed by atoms with E-state index in [-0.39, 0.29) is 11.3 Å². The van der Waals surface area contributed by atoms with Gasteiger partial charge in [-0.3, -0.25) is 0 Å². The average molecular weight is 434 g/mol. The van der Waals surface area contributed by atoms with Crippen molar-refractivity contribution in [3.05, 3.63) is 66.0 Å². The van der Waals surface area contributed by atoms with Crippen LogP contribution in [0.5, 0.6) is 0 Å². The normalized spacial score (nSPS) is 17.0. The topological polar surface area (TPSA) is 55.6 Å². The summed E-state index contributed by atoms with van der Waals surface area (Å²) in [7, 11) is 0. The minimum Gasteiger partial charge on any atom is -0.324 e. The molecule has 3 aromatic rings. The highest BCUT2D eigenvalue weighted by molar-refractivity contribution is 6.20. The van der Waals surface area contributed by atoms with Crippen molar-refractivity contribution < 1.29 is 13.2 Å². The van der Waals surface area contributed by atoms with Crippen molar-refractivity contribution in [3.8, 4) is 5.69 Å². The van der Waals surface area contributed by atoms with Gasteiger partial charge in [0, 0.05) is 29.1 Å². The van der Waals surface area contributed by atoms with Crippen LogP contribution in [-0.4, -0.2) is 24.9 Å². The number of nitrogens with one attached hydrogen (secondary N) is 1. The molecular weight excluding hydrogens is 415 g/mol. The highest BCUT2D eigenvalue weighted by Crippen LogP contribution is 2.30. The van der Waals surface area contributed by atoms with Crippen LogP contribution in [-0.2, 0) is 6.18 Å². The second-order valence-corrected chi connectivity index (χ2v) is 7.83. The third-order valence-corrected chi connectivity index (χ3v) is 5.22. The van der Waals surface area contributed by atoms with Gasteiger partial charge in [0.1, 0.15) is 5.69 Å². The van der Waals surface area contributed by atoms with Crippen LogP contribution in [0.2, 0.25) is 0 Å². The number of allylic oxidation sites excluding steroid dienone is 2. The number of aromatic nitrogens is 4. The largest absolute Gasteiger partial charge is 0.433 e. The van der Waals surface area contributed by atoms with Gasteiger partial charge >= 0.3 is 6.18 Å². The quantitative estimate of drug-likeness (QED) is 0.520. The lowest BCUT2D eigenvalue weighted by Crippen LogP contribution is -2.10. The number of rotatable bonds is 4. The molecular formula is C21H19ClF3N5. The maximum atomic E-state index is 12.9. The van der Waals surface area contributed by atoms with Gasteiger partial charge in [0.25, 0.3) is 0 Å². The van der Waals surface area contributed by atoms with Crippen LogP contribution < -0.4 is 5.32 Å². The van der Waals surface area contributed by atoms with Gasteiger partial charge in [0.15, 0.2) is 0 Å². The monoisotopic (exact) mass is 433 g/mol. The van der Waals surface area contributed by atoms with Gasteiger partial charge in [-0.15, -0.1) is 11.6 Å². The summed E-state index contributed by atoms with van der Waals surface area (Å²) >= 11 is 6.16. The lowest BCUT2D eigenvalue weighted by Gasteiger charge is -2.15. The lowest BCUT2D eigenvalue weighted by atomic mass is 9.97. The Kier molecular flexibility index (Phi) is 5.51. The number of nitrogens with zero attached hydrogens (tertiary/aromatic N) is 4. The van der Waals surface area contributed by atoms with Crippen LogP contribution in [0.3, 0.4) is 0 Å². The van der Waals surface area contributed by atoms with Gasteiger partial charge in [0.05, 0.1) is 12.0 Å². The zero-order valence-corrected chi connectivity index (χ0v) is 16.9. The first-order valence-electron chi connectivity index (χ1n) is 9.45. The molecule has 1 aromatic carbocycles. The first-order valence-corrected chi connectivity index (χ1v) is 9.88. The standard InChI is InChI=1S/C21H19ClF3N5/c1-13-8-16(28-20-26-7-6-19(29-20)21(23,24)25)10-17(9-13)30-11-18(27-12-30)14-2-4-15(22)5-3-14/h2,6-12,15H,3-5H2,1H3,(H,26,28,29). The molecule has 0 bridgehead atoms. The molecule has 0 fully saturated rings. The summed E-state index contributed by atoms with van der Waals surface area (Å²) in [6.45, 7) is 1.91. The summed E-state index contributed by atoms with van der Waals surface area (Å²) < 4.78 is 40.6. The Bertz CT molecular complexity index is 1090. The smallest absolute Gasteiger partial charge is 0.324 e. The van der Waals surface area contributed by atoms with Crippen molar-refractivity contribution in [2.24, 2.45) is 0 Å². The van der Waals surface area contributed by atoms with E-state index in [1.165, 1.54) is 5.57 Å². The summed E-state index contributed by atoms with van der Waals surface area (Å²) in [6, 6.07) is 6.43. The summed E-state index contributed by atoms with van der Waals surface area (Å²) in [4.78, 5) is 12.0. The molecule has 4 rings (SSSR count). The molecule has 2 aromatic heterocycles. The molecule has 0 spiro atoms. The zero-order valence-electron chi connectivity index (χ0n) is 16.1. The Hall–Kier alpha value is -2.87. The van der Waals surface area contributed by atoms with Gasteiger partial charge in [-0.2, -0.15) is 13.2 Å². The predicted octanol–water partition coefficient (Wildman–Crippen LogP) is 5.91. The highest BCUT2D eigenvalue weighted by atomic mass is 35.5. The van der Waals surface area contributed by atoms with Crippen molar-refractivity contribution in [1.29, 1.82) is 0 Å². The summed E-state index contributed by atoms with van der Waals surface area (Å²) in [6.07, 6.45) is 5.00. The summed E-state index contributed by atoms with van der Waals surface area (Å²) in [5.41, 5.74) is 3.42. The Morgan fingerprint density at radius 2 is 2.03 bits per heavy atom. The molecule has 30 heavy (non-hydrogen) atoms. The summed E-state index contributed by atoms with van der Waals surface area (Å²) in [5.74, 6) is -0.115. The second-order valence-electron chi connectivity index (χ2n) is 7.21. The fourth-order valence-electron chi connectivity index (χ4n) is 3.35. The number of aryl methyl sites for hydroxylation is 1. The molecule has 1 N–H and O–H groups in total. The molecule has 0 saturated carbocycles. The number of hydrogen-bond donors (Lipinski definition) is 1. The number of benzene rings is 1. The van der Waals surface area contributed by atoms with Crippen LogP contribution >= 0.6 is 11.6 Å². The molecule has 0 aliphatic heterocycles. The minimum atomic E-state index is -4.53. The third kappa shape index (κ3) is 4.64. The number of anilines is 2. The van der Waals surface area contributed by atoms with Crippen LogP contribution in [0.1, 0.15) is 36.2 Å². The Balaban J connectivity index is 1.59. The van der Waals surface area contributed by atoms with Gasteiger partial charge < -0.3 is 9.88 Å². The molecule has 2 heterocycles. The van der Waals surface area contributed by atoms with E-state index < -0.39 is 11.9 Å². The fraction of sp³-hybridized carbons (Fsp3) is 0.286. The second kappa shape index (κ2) is 8.10. The van der Waals surface area contributed by atoms with E-state index in [0.29, 0.717) is 5.69 Å². The number of hydrogen-bond acceptors (Lipinski definition) is 4. The molecule has 0 amide bonds. The van der Waals surface area contributed by atoms with Gasteiger partial charge in [-0.1, -0.05) is 6.08 Å². The molecule has 9 heteroatoms. The molecule has 1 atom stereocenters. The Morgan fingerprint density at radius 1 is 1.20 bits per heavy atom. The first-order chi connectivity index (χ1) is 14.3. The minimum absolute atomic E-state index is 0.115. The van der Waals surface area contributed by atoms with E-state index in [4.69, 9.17) is 11.6 Å². The lowest BCUT2D eigenvalue weighted by molar-refractivity contribution is -0.141. The van der Waals surface area contributed by atoms with E-state index in [1.807, 2.05) is 35.9 Å². The van der Waals surface area contributed by atoms with E-state index in [9.17, 15) is 13.2 Å². The molecule has 0 radical (unpaired) electrons. The van der Waals surface area contributed by atoms with Crippen molar-refractivity contribution in [3.63, 3.8) is 0 Å². The SMILES string of the molecule is Cc1cc(Nc2nccc(C(F)(F)F)n2)cc(-n2cnc(C3=CCC(Cl)CC3)c2)c1. The Morgan fingerprint density at radius 3 is 2.77 bits per heavy atom. The van der Waals surface area contributed by atoms with E-state index >= 15 is 0 Å². The van der Waals surface area contributed by atoms with Crippen LogP contribution in [0.4, 0.5) is 24.8 Å². The van der Waals surface area contributed by atoms with E-state index in [1.54, 1.807) is 6.33 Å². The first kappa shape index (κ1) is 20.4. The number of alkyl halides is 4. The van der Waals surface area contributed by atoms with Crippen molar-refractivity contribution in [1.82, 2.24) is 19.5 Å². The molecule has 1 aliphatic rings. The van der Waals surface area contributed by atoms with Crippen molar-refractivity contribution >= 4 is 28.8 Å². The van der Waals surface area contributed by atoms with Crippen LogP contribution in [0, 0.1) is 6.92 Å². The van der Waals surface area contributed by atoms with Crippen molar-refractivity contribution in [2.75, 3.05) is 5.32 Å².